The second-order valence-electron chi connectivity index (χ2n) is 4.93. The first kappa shape index (κ1) is 15.6. The average molecular weight is 350 g/mol. The molecule has 1 aliphatic heterocycles. The SMILES string of the molecule is Cc1nnsc1CN1CCN(c2nnc(C(F)(F)F)s2)CC1. The van der Waals surface area contributed by atoms with Crippen LogP contribution in [0.15, 0.2) is 0 Å². The third-order valence-corrected chi connectivity index (χ3v) is 5.25. The maximum absolute atomic E-state index is 12.6. The van der Waals surface area contributed by atoms with Crippen molar-refractivity contribution in [1.29, 1.82) is 0 Å². The first-order chi connectivity index (χ1) is 10.4. The van der Waals surface area contributed by atoms with Crippen LogP contribution < -0.4 is 4.90 Å². The highest BCUT2D eigenvalue weighted by atomic mass is 32.1. The molecule has 0 N–H and O–H groups in total. The van der Waals surface area contributed by atoms with Gasteiger partial charge in [-0.15, -0.1) is 15.3 Å². The minimum absolute atomic E-state index is 0.336. The molecule has 120 valence electrons. The van der Waals surface area contributed by atoms with Crippen LogP contribution in [0.2, 0.25) is 0 Å². The van der Waals surface area contributed by atoms with E-state index in [4.69, 9.17) is 0 Å². The summed E-state index contributed by atoms with van der Waals surface area (Å²) in [5.74, 6) is 0. The van der Waals surface area contributed by atoms with Crippen molar-refractivity contribution in [3.8, 4) is 0 Å². The fraction of sp³-hybridized carbons (Fsp3) is 0.636. The standard InChI is InChI=1S/C11H13F3N6S2/c1-7-8(22-18-15-7)6-19-2-4-20(5-3-19)10-17-16-9(21-10)11(12,13)14/h2-6H2,1H3. The van der Waals surface area contributed by atoms with E-state index >= 15 is 0 Å². The van der Waals surface area contributed by atoms with Crippen LogP contribution in [0.4, 0.5) is 18.3 Å². The van der Waals surface area contributed by atoms with Crippen molar-refractivity contribution in [2.45, 2.75) is 19.6 Å². The van der Waals surface area contributed by atoms with E-state index in [0.29, 0.717) is 29.6 Å². The highest BCUT2D eigenvalue weighted by Gasteiger charge is 2.36. The van der Waals surface area contributed by atoms with Crippen LogP contribution >= 0.6 is 22.9 Å². The molecule has 0 unspecified atom stereocenters. The van der Waals surface area contributed by atoms with E-state index in [1.807, 2.05) is 11.8 Å². The topological polar surface area (TPSA) is 58.0 Å². The van der Waals surface area contributed by atoms with Crippen molar-refractivity contribution in [2.24, 2.45) is 0 Å². The van der Waals surface area contributed by atoms with Gasteiger partial charge in [-0.3, -0.25) is 4.90 Å². The zero-order valence-corrected chi connectivity index (χ0v) is 13.3. The monoisotopic (exact) mass is 350 g/mol. The van der Waals surface area contributed by atoms with Crippen molar-refractivity contribution >= 4 is 28.0 Å². The van der Waals surface area contributed by atoms with Gasteiger partial charge in [-0.1, -0.05) is 15.8 Å². The van der Waals surface area contributed by atoms with Crippen LogP contribution in [0.25, 0.3) is 0 Å². The van der Waals surface area contributed by atoms with Crippen LogP contribution in [-0.4, -0.2) is 50.9 Å². The number of anilines is 1. The maximum Gasteiger partial charge on any atom is 0.445 e. The molecule has 1 aliphatic rings. The molecule has 0 atom stereocenters. The molecule has 0 bridgehead atoms. The van der Waals surface area contributed by atoms with E-state index in [9.17, 15) is 13.2 Å². The quantitative estimate of drug-likeness (QED) is 0.844. The highest BCUT2D eigenvalue weighted by Crippen LogP contribution is 2.34. The number of nitrogens with zero attached hydrogens (tertiary/aromatic N) is 6. The van der Waals surface area contributed by atoms with Gasteiger partial charge in [0, 0.05) is 32.7 Å². The molecule has 6 nitrogen and oxygen atoms in total. The maximum atomic E-state index is 12.6. The van der Waals surface area contributed by atoms with Gasteiger partial charge in [0.05, 0.1) is 10.6 Å². The molecule has 0 aromatic carbocycles. The summed E-state index contributed by atoms with van der Waals surface area (Å²) in [5.41, 5.74) is 0.936. The second-order valence-corrected chi connectivity index (χ2v) is 6.73. The molecule has 0 radical (unpaired) electrons. The molecule has 11 heteroatoms. The lowest BCUT2D eigenvalue weighted by atomic mass is 10.3. The Hall–Kier alpha value is -1.33. The van der Waals surface area contributed by atoms with E-state index in [1.54, 1.807) is 0 Å². The van der Waals surface area contributed by atoms with E-state index in [-0.39, 0.29) is 0 Å². The third kappa shape index (κ3) is 3.36. The Morgan fingerprint density at radius 1 is 1.09 bits per heavy atom. The van der Waals surface area contributed by atoms with Gasteiger partial charge >= 0.3 is 6.18 Å². The zero-order chi connectivity index (χ0) is 15.7. The minimum Gasteiger partial charge on any atom is -0.344 e. The summed E-state index contributed by atoms with van der Waals surface area (Å²) in [7, 11) is 0. The van der Waals surface area contributed by atoms with Crippen LogP contribution in [0.5, 0.6) is 0 Å². The van der Waals surface area contributed by atoms with Crippen LogP contribution in [-0.2, 0) is 12.7 Å². The molecule has 0 aliphatic carbocycles. The summed E-state index contributed by atoms with van der Waals surface area (Å²) in [5, 5.41) is 10.3. The Kier molecular flexibility index (Phi) is 4.28. The predicted molar refractivity (Wildman–Crippen MR) is 77.0 cm³/mol. The first-order valence-electron chi connectivity index (χ1n) is 6.59. The number of rotatable bonds is 3. The Morgan fingerprint density at radius 3 is 2.36 bits per heavy atom. The van der Waals surface area contributed by atoms with E-state index < -0.39 is 11.2 Å². The number of aryl methyl sites for hydroxylation is 1. The summed E-state index contributed by atoms with van der Waals surface area (Å²) < 4.78 is 41.6. The van der Waals surface area contributed by atoms with E-state index in [0.717, 1.165) is 30.2 Å². The van der Waals surface area contributed by atoms with Gasteiger partial charge in [0.1, 0.15) is 0 Å². The fourth-order valence-corrected chi connectivity index (χ4v) is 3.59. The summed E-state index contributed by atoms with van der Waals surface area (Å²) >= 11 is 1.98. The van der Waals surface area contributed by atoms with Crippen molar-refractivity contribution in [3.63, 3.8) is 0 Å². The van der Waals surface area contributed by atoms with Gasteiger partial charge in [0.2, 0.25) is 10.1 Å². The lowest BCUT2D eigenvalue weighted by molar-refractivity contribution is -0.138. The summed E-state index contributed by atoms with van der Waals surface area (Å²) in [6.45, 7) is 5.50. The number of piperazine rings is 1. The Morgan fingerprint density at radius 2 is 1.82 bits per heavy atom. The molecule has 2 aromatic rings. The molecular formula is C11H13F3N6S2. The number of aromatic nitrogens is 4. The Bertz CT molecular complexity index is 632. The van der Waals surface area contributed by atoms with Crippen LogP contribution in [0.3, 0.4) is 0 Å². The van der Waals surface area contributed by atoms with E-state index in [2.05, 4.69) is 24.7 Å². The van der Waals surface area contributed by atoms with Gasteiger partial charge in [-0.2, -0.15) is 13.2 Å². The number of hydrogen-bond acceptors (Lipinski definition) is 8. The van der Waals surface area contributed by atoms with Crippen molar-refractivity contribution < 1.29 is 13.2 Å². The van der Waals surface area contributed by atoms with Gasteiger partial charge in [0.15, 0.2) is 0 Å². The molecule has 0 amide bonds. The van der Waals surface area contributed by atoms with Crippen molar-refractivity contribution in [1.82, 2.24) is 24.7 Å². The van der Waals surface area contributed by atoms with Crippen molar-refractivity contribution in [3.05, 3.63) is 15.6 Å². The predicted octanol–water partition coefficient (Wildman–Crippen LogP) is 2.04. The zero-order valence-electron chi connectivity index (χ0n) is 11.7. The van der Waals surface area contributed by atoms with Gasteiger partial charge in [0.25, 0.3) is 0 Å². The molecule has 3 rings (SSSR count). The molecule has 0 spiro atoms. The molecule has 1 saturated heterocycles. The molecule has 3 heterocycles. The number of hydrogen-bond donors (Lipinski definition) is 0. The third-order valence-electron chi connectivity index (χ3n) is 3.41. The lowest BCUT2D eigenvalue weighted by Gasteiger charge is -2.33. The van der Waals surface area contributed by atoms with Gasteiger partial charge in [-0.25, -0.2) is 0 Å². The molecule has 0 saturated carbocycles. The molecule has 1 fully saturated rings. The highest BCUT2D eigenvalue weighted by molar-refractivity contribution is 7.15. The largest absolute Gasteiger partial charge is 0.445 e. The summed E-state index contributed by atoms with van der Waals surface area (Å²) in [4.78, 5) is 5.22. The normalized spacial score (nSPS) is 17.2. The van der Waals surface area contributed by atoms with Gasteiger partial charge in [-0.05, 0) is 18.5 Å². The fourth-order valence-electron chi connectivity index (χ4n) is 2.15. The molecule has 2 aromatic heterocycles. The lowest BCUT2D eigenvalue weighted by Crippen LogP contribution is -2.45. The second kappa shape index (κ2) is 6.05. The van der Waals surface area contributed by atoms with Crippen molar-refractivity contribution in [2.75, 3.05) is 31.1 Å². The minimum atomic E-state index is -4.42. The average Bonchev–Trinajstić information content (AvgIpc) is 3.09. The smallest absolute Gasteiger partial charge is 0.344 e. The Labute approximate surface area is 132 Å². The summed E-state index contributed by atoms with van der Waals surface area (Å²) in [6, 6.07) is 0. The Balaban J connectivity index is 1.57. The van der Waals surface area contributed by atoms with Crippen LogP contribution in [0.1, 0.15) is 15.6 Å². The molecular weight excluding hydrogens is 337 g/mol. The number of alkyl halides is 3. The molecule has 22 heavy (non-hydrogen) atoms. The van der Waals surface area contributed by atoms with E-state index in [1.165, 1.54) is 11.5 Å². The van der Waals surface area contributed by atoms with Gasteiger partial charge < -0.3 is 4.90 Å². The summed E-state index contributed by atoms with van der Waals surface area (Å²) in [6.07, 6.45) is -4.42. The van der Waals surface area contributed by atoms with Crippen LogP contribution in [0, 0.1) is 6.92 Å². The number of halogens is 3. The first-order valence-corrected chi connectivity index (χ1v) is 8.18.